The number of fused-ring (bicyclic) bond motifs is 1. The molecule has 0 saturated carbocycles. The second kappa shape index (κ2) is 16.2. The average Bonchev–Trinajstić information content (AvgIpc) is 4.11. The molecule has 6 heterocycles. The van der Waals surface area contributed by atoms with E-state index in [-0.39, 0.29) is 29.8 Å². The third kappa shape index (κ3) is 7.44. The highest BCUT2D eigenvalue weighted by Crippen LogP contribution is 2.45. The summed E-state index contributed by atoms with van der Waals surface area (Å²) in [6.07, 6.45) is 5.70. The molecular weight excluding hydrogens is 775 g/mol. The minimum absolute atomic E-state index is 0.112. The van der Waals surface area contributed by atoms with E-state index in [4.69, 9.17) is 19.4 Å². The lowest BCUT2D eigenvalue weighted by molar-refractivity contribution is -0.135. The van der Waals surface area contributed by atoms with Crippen molar-refractivity contribution in [3.63, 3.8) is 0 Å². The molecule has 4 unspecified atom stereocenters. The average molecular weight is 822 g/mol. The summed E-state index contributed by atoms with van der Waals surface area (Å²) in [6.45, 7) is 4.38. The van der Waals surface area contributed by atoms with E-state index in [1.165, 1.54) is 14.2 Å². The van der Waals surface area contributed by atoms with Crippen LogP contribution in [0.25, 0.3) is 44.7 Å². The van der Waals surface area contributed by atoms with E-state index in [9.17, 15) is 19.2 Å². The lowest BCUT2D eigenvalue weighted by Crippen LogP contribution is -2.51. The van der Waals surface area contributed by atoms with Crippen LogP contribution in [-0.4, -0.2) is 86.7 Å². The molecule has 15 heteroatoms. The van der Waals surface area contributed by atoms with Crippen LogP contribution < -0.4 is 15.5 Å². The Hall–Kier alpha value is -7.03. The highest BCUT2D eigenvalue weighted by Gasteiger charge is 2.43. The number of benzene rings is 3. The molecule has 0 bridgehead atoms. The van der Waals surface area contributed by atoms with Crippen molar-refractivity contribution in [1.82, 2.24) is 40.5 Å². The van der Waals surface area contributed by atoms with Gasteiger partial charge in [0.2, 0.25) is 11.8 Å². The van der Waals surface area contributed by atoms with Crippen LogP contribution in [-0.2, 0) is 31.9 Å². The summed E-state index contributed by atoms with van der Waals surface area (Å²) in [6, 6.07) is 22.5. The Kier molecular flexibility index (Phi) is 10.5. The van der Waals surface area contributed by atoms with Crippen molar-refractivity contribution in [1.29, 1.82) is 0 Å². The van der Waals surface area contributed by atoms with Crippen LogP contribution >= 0.6 is 0 Å². The predicted molar refractivity (Wildman–Crippen MR) is 228 cm³/mol. The van der Waals surface area contributed by atoms with Crippen LogP contribution in [0.4, 0.5) is 15.3 Å². The lowest BCUT2D eigenvalue weighted by atomic mass is 10.0. The number of nitrogens with one attached hydrogen (secondary N) is 4. The van der Waals surface area contributed by atoms with E-state index in [1.807, 2.05) is 68.4 Å². The number of methoxy groups -OCH3 is 2. The van der Waals surface area contributed by atoms with Crippen LogP contribution in [0.1, 0.15) is 68.0 Å². The van der Waals surface area contributed by atoms with Gasteiger partial charge in [0.25, 0.3) is 0 Å². The Morgan fingerprint density at radius 1 is 0.803 bits per heavy atom. The van der Waals surface area contributed by atoms with Crippen molar-refractivity contribution < 1.29 is 28.7 Å². The number of hydrogen-bond donors (Lipinski definition) is 4. The summed E-state index contributed by atoms with van der Waals surface area (Å²) in [4.78, 5) is 76.7. The van der Waals surface area contributed by atoms with Gasteiger partial charge < -0.3 is 35.0 Å². The van der Waals surface area contributed by atoms with E-state index in [2.05, 4.69) is 43.8 Å². The Balaban J connectivity index is 0.897. The third-order valence-electron chi connectivity index (χ3n) is 12.1. The van der Waals surface area contributed by atoms with Crippen LogP contribution in [0.5, 0.6) is 0 Å². The summed E-state index contributed by atoms with van der Waals surface area (Å²) in [5.74, 6) is 0.952. The number of H-pyrrole nitrogens is 2. The summed E-state index contributed by atoms with van der Waals surface area (Å²) >= 11 is 0. The topological polar surface area (TPSA) is 188 Å². The number of imidazole rings is 2. The number of carbonyl (C=O) groups is 4. The normalized spacial score (nSPS) is 18.8. The quantitative estimate of drug-likeness (QED) is 0.119. The number of amides is 4. The Bertz CT molecular complexity index is 2650. The van der Waals surface area contributed by atoms with Crippen LogP contribution in [0.3, 0.4) is 0 Å². The maximum atomic E-state index is 14.0. The molecule has 9 rings (SSSR count). The maximum absolute atomic E-state index is 14.0. The first kappa shape index (κ1) is 39.4. The molecule has 0 spiro atoms. The number of pyridine rings is 1. The first-order valence-electron chi connectivity index (χ1n) is 20.6. The zero-order valence-corrected chi connectivity index (χ0v) is 34.4. The molecule has 4 amide bonds. The van der Waals surface area contributed by atoms with Crippen LogP contribution in [0.15, 0.2) is 85.2 Å². The van der Waals surface area contributed by atoms with Gasteiger partial charge in [0.05, 0.1) is 67.0 Å². The number of aryl methyl sites for hydroxylation is 1. The number of alkyl carbamates (subject to hydrolysis) is 2. The predicted octanol–water partition coefficient (Wildman–Crippen LogP) is 7.03. The van der Waals surface area contributed by atoms with Crippen molar-refractivity contribution >= 4 is 40.6 Å². The molecule has 3 aliphatic heterocycles. The van der Waals surface area contributed by atoms with Gasteiger partial charge in [-0.1, -0.05) is 68.4 Å². The van der Waals surface area contributed by atoms with E-state index in [1.54, 1.807) is 22.2 Å². The monoisotopic (exact) mass is 821 g/mol. The fraction of sp³-hybridized carbons (Fsp3) is 0.326. The number of para-hydroxylation sites is 1. The summed E-state index contributed by atoms with van der Waals surface area (Å²) in [5.41, 5.74) is 9.28. The van der Waals surface area contributed by atoms with E-state index in [0.29, 0.717) is 37.5 Å². The number of ether oxygens (including phenoxy) is 2. The van der Waals surface area contributed by atoms with E-state index >= 15 is 0 Å². The molecule has 3 aromatic carbocycles. The molecule has 0 radical (unpaired) electrons. The van der Waals surface area contributed by atoms with Crippen LogP contribution in [0.2, 0.25) is 0 Å². The minimum Gasteiger partial charge on any atom is -0.453 e. The standard InChI is InChI=1S/C46H47N9O6/c1-25(2)39(53-46(59)61-4)44(57)54-20-6-9-37(54)41-47-23-35(50-41)27-12-10-26(11-13-27)32-17-15-29-21-30(16-18-33(29)49-32)36-24-48-42(51-36)38-22-31-8-5-7-28-14-19-34(52-45(58)60-3)43(56)55(38)40(28)31/h5,7-8,10-13,15-18,21,23-25,34,37-39H,6,9,14,19-20,22H2,1-4H3,(H,47,50)(H,48,51)(H,52,58)(H,53,59). The maximum Gasteiger partial charge on any atom is 0.407 e. The molecular formula is C46H47N9O6. The molecule has 6 aromatic rings. The Morgan fingerprint density at radius 2 is 1.49 bits per heavy atom. The molecule has 4 atom stereocenters. The molecule has 1 saturated heterocycles. The number of rotatable bonds is 9. The highest BCUT2D eigenvalue weighted by molar-refractivity contribution is 6.02. The van der Waals surface area contributed by atoms with Crippen LogP contribution in [0, 0.1) is 5.92 Å². The summed E-state index contributed by atoms with van der Waals surface area (Å²) in [5, 5.41) is 6.40. The zero-order valence-electron chi connectivity index (χ0n) is 34.4. The van der Waals surface area contributed by atoms with Crippen molar-refractivity contribution in [2.45, 2.75) is 70.1 Å². The van der Waals surface area contributed by atoms with Gasteiger partial charge in [-0.15, -0.1) is 0 Å². The Morgan fingerprint density at radius 3 is 2.23 bits per heavy atom. The molecule has 15 nitrogen and oxygen atoms in total. The number of aromatic nitrogens is 5. The Labute approximate surface area is 352 Å². The first-order chi connectivity index (χ1) is 29.6. The second-order valence-corrected chi connectivity index (χ2v) is 16.2. The van der Waals surface area contributed by atoms with Crippen molar-refractivity contribution in [2.75, 3.05) is 25.7 Å². The molecule has 3 aliphatic rings. The van der Waals surface area contributed by atoms with Gasteiger partial charge in [-0.3, -0.25) is 14.5 Å². The number of carbonyl (C=O) groups excluding carboxylic acids is 4. The van der Waals surface area contributed by atoms with Gasteiger partial charge in [-0.25, -0.2) is 24.5 Å². The molecule has 312 valence electrons. The number of aromatic amines is 2. The lowest BCUT2D eigenvalue weighted by Gasteiger charge is -2.30. The van der Waals surface area contributed by atoms with Gasteiger partial charge in [0.15, 0.2) is 0 Å². The fourth-order valence-electron chi connectivity index (χ4n) is 8.96. The van der Waals surface area contributed by atoms with Gasteiger partial charge in [0, 0.05) is 29.5 Å². The number of likely N-dealkylation sites (tertiary alicyclic amines) is 1. The third-order valence-corrected chi connectivity index (χ3v) is 12.1. The highest BCUT2D eigenvalue weighted by atomic mass is 16.5. The SMILES string of the molecule is COC(=O)NC1CCc2cccc3c2N(C1=O)C(c1ncc(-c2ccc4nc(-c5ccc(-c6cnc(C7CCCN7C(=O)C(NC(=O)OC)C(C)C)[nH]6)cc5)ccc4c2)[nH]1)C3. The largest absolute Gasteiger partial charge is 0.453 e. The molecule has 1 fully saturated rings. The number of nitrogens with zero attached hydrogens (tertiary/aromatic N) is 5. The zero-order chi connectivity index (χ0) is 42.4. The van der Waals surface area contributed by atoms with Crippen molar-refractivity contribution in [2.24, 2.45) is 5.92 Å². The van der Waals surface area contributed by atoms with Crippen molar-refractivity contribution in [3.05, 3.63) is 108 Å². The van der Waals surface area contributed by atoms with Gasteiger partial charge in [0.1, 0.15) is 23.7 Å². The number of hydrogen-bond acceptors (Lipinski definition) is 9. The molecule has 3 aromatic heterocycles. The molecule has 0 aliphatic carbocycles. The van der Waals surface area contributed by atoms with Crippen molar-refractivity contribution in [3.8, 4) is 33.8 Å². The smallest absolute Gasteiger partial charge is 0.407 e. The van der Waals surface area contributed by atoms with Gasteiger partial charge in [-0.2, -0.15) is 0 Å². The second-order valence-electron chi connectivity index (χ2n) is 16.2. The van der Waals surface area contributed by atoms with E-state index in [0.717, 1.165) is 74.3 Å². The minimum atomic E-state index is -0.709. The van der Waals surface area contributed by atoms with E-state index < -0.39 is 24.3 Å². The first-order valence-corrected chi connectivity index (χ1v) is 20.6. The number of anilines is 1. The molecule has 61 heavy (non-hydrogen) atoms. The molecule has 4 N–H and O–H groups in total. The summed E-state index contributed by atoms with van der Waals surface area (Å²) < 4.78 is 9.58. The van der Waals surface area contributed by atoms with Gasteiger partial charge >= 0.3 is 12.2 Å². The van der Waals surface area contributed by atoms with Gasteiger partial charge in [-0.05, 0) is 66.5 Å². The fourth-order valence-corrected chi connectivity index (χ4v) is 8.96. The summed E-state index contributed by atoms with van der Waals surface area (Å²) in [7, 11) is 2.58.